The summed E-state index contributed by atoms with van der Waals surface area (Å²) in [6.45, 7) is 6.41. The van der Waals surface area contributed by atoms with Gasteiger partial charge in [-0.1, -0.05) is 24.3 Å². The van der Waals surface area contributed by atoms with E-state index in [9.17, 15) is 4.79 Å². The summed E-state index contributed by atoms with van der Waals surface area (Å²) in [5.74, 6) is 0.0728. The number of fused-ring (bicyclic) bond motifs is 1. The summed E-state index contributed by atoms with van der Waals surface area (Å²) in [6, 6.07) is 10.5. The molecule has 4 heteroatoms. The van der Waals surface area contributed by atoms with Gasteiger partial charge in [0.1, 0.15) is 0 Å². The van der Waals surface area contributed by atoms with Crippen LogP contribution in [0.5, 0.6) is 0 Å². The second-order valence-corrected chi connectivity index (χ2v) is 6.94. The second kappa shape index (κ2) is 5.62. The van der Waals surface area contributed by atoms with Crippen molar-refractivity contribution in [2.75, 3.05) is 0 Å². The molecule has 110 valence electrons. The molecule has 0 fully saturated rings. The zero-order valence-electron chi connectivity index (χ0n) is 12.4. The molecule has 0 spiro atoms. The van der Waals surface area contributed by atoms with Gasteiger partial charge in [0.2, 0.25) is 5.91 Å². The topological polar surface area (TPSA) is 41.1 Å². The van der Waals surface area contributed by atoms with Crippen molar-refractivity contribution in [1.29, 1.82) is 0 Å². The maximum Gasteiger partial charge on any atom is 0.231 e. The smallest absolute Gasteiger partial charge is 0.231 e. The van der Waals surface area contributed by atoms with E-state index < -0.39 is 5.41 Å². The summed E-state index contributed by atoms with van der Waals surface area (Å²) in [7, 11) is 0. The largest absolute Gasteiger partial charge is 0.351 e. The lowest BCUT2D eigenvalue weighted by Crippen LogP contribution is -2.39. The van der Waals surface area contributed by atoms with Crippen LogP contribution in [0.1, 0.15) is 35.4 Å². The lowest BCUT2D eigenvalue weighted by Gasteiger charge is -2.22. The van der Waals surface area contributed by atoms with E-state index in [-0.39, 0.29) is 5.91 Å². The van der Waals surface area contributed by atoms with Crippen LogP contribution in [0.15, 0.2) is 35.7 Å². The lowest BCUT2D eigenvalue weighted by molar-refractivity contribution is -0.125. The summed E-state index contributed by atoms with van der Waals surface area (Å²) < 4.78 is 0. The monoisotopic (exact) mass is 300 g/mol. The third kappa shape index (κ3) is 2.87. The Morgan fingerprint density at radius 1 is 1.29 bits per heavy atom. The van der Waals surface area contributed by atoms with Gasteiger partial charge in [-0.3, -0.25) is 4.79 Å². The first-order chi connectivity index (χ1) is 10.1. The number of thiophene rings is 1. The SMILES string of the molecule is CC(C)(C(=O)NCc1ccc2c(c1)CNC2)c1cccs1. The molecule has 2 heterocycles. The number of nitrogens with one attached hydrogen (secondary N) is 2. The van der Waals surface area contributed by atoms with Crippen LogP contribution in [0.3, 0.4) is 0 Å². The lowest BCUT2D eigenvalue weighted by atomic mass is 9.90. The van der Waals surface area contributed by atoms with E-state index in [0.717, 1.165) is 23.5 Å². The van der Waals surface area contributed by atoms with Crippen molar-refractivity contribution in [1.82, 2.24) is 10.6 Å². The third-order valence-electron chi connectivity index (χ3n) is 4.06. The number of rotatable bonds is 4. The maximum absolute atomic E-state index is 12.5. The average Bonchev–Trinajstić information content (AvgIpc) is 3.14. The molecule has 2 N–H and O–H groups in total. The van der Waals surface area contributed by atoms with Crippen molar-refractivity contribution < 1.29 is 4.79 Å². The van der Waals surface area contributed by atoms with Crippen LogP contribution in [-0.4, -0.2) is 5.91 Å². The van der Waals surface area contributed by atoms with Gasteiger partial charge in [-0.05, 0) is 42.0 Å². The predicted molar refractivity (Wildman–Crippen MR) is 86.2 cm³/mol. The molecule has 0 atom stereocenters. The summed E-state index contributed by atoms with van der Waals surface area (Å²) >= 11 is 1.63. The maximum atomic E-state index is 12.5. The van der Waals surface area contributed by atoms with Crippen LogP contribution in [0.25, 0.3) is 0 Å². The van der Waals surface area contributed by atoms with E-state index in [1.165, 1.54) is 11.1 Å². The van der Waals surface area contributed by atoms with E-state index in [1.807, 2.05) is 31.4 Å². The molecule has 0 unspecified atom stereocenters. The molecule has 1 aliphatic heterocycles. The quantitative estimate of drug-likeness (QED) is 0.911. The minimum Gasteiger partial charge on any atom is -0.351 e. The molecule has 3 rings (SSSR count). The summed E-state index contributed by atoms with van der Waals surface area (Å²) in [5.41, 5.74) is 3.39. The van der Waals surface area contributed by atoms with E-state index in [1.54, 1.807) is 11.3 Å². The fraction of sp³-hybridized carbons (Fsp3) is 0.353. The molecule has 0 bridgehead atoms. The van der Waals surface area contributed by atoms with Crippen molar-refractivity contribution >= 4 is 17.2 Å². The molecule has 1 aromatic heterocycles. The summed E-state index contributed by atoms with van der Waals surface area (Å²) in [6.07, 6.45) is 0. The molecule has 2 aromatic rings. The Hall–Kier alpha value is -1.65. The molecular formula is C17H20N2OS. The third-order valence-corrected chi connectivity index (χ3v) is 5.25. The highest BCUT2D eigenvalue weighted by atomic mass is 32.1. The number of hydrogen-bond donors (Lipinski definition) is 2. The Kier molecular flexibility index (Phi) is 3.83. The Bertz CT molecular complexity index is 647. The second-order valence-electron chi connectivity index (χ2n) is 5.99. The van der Waals surface area contributed by atoms with Gasteiger partial charge in [-0.15, -0.1) is 11.3 Å². The zero-order chi connectivity index (χ0) is 14.9. The highest BCUT2D eigenvalue weighted by Gasteiger charge is 2.30. The molecule has 21 heavy (non-hydrogen) atoms. The van der Waals surface area contributed by atoms with Crippen LogP contribution in [0.4, 0.5) is 0 Å². The van der Waals surface area contributed by atoms with Crippen molar-refractivity contribution in [2.45, 2.75) is 38.9 Å². The minimum absolute atomic E-state index is 0.0728. The van der Waals surface area contributed by atoms with Crippen LogP contribution >= 0.6 is 11.3 Å². The van der Waals surface area contributed by atoms with Crippen LogP contribution in [0.2, 0.25) is 0 Å². The van der Waals surface area contributed by atoms with E-state index in [0.29, 0.717) is 6.54 Å². The predicted octanol–water partition coefficient (Wildman–Crippen LogP) is 2.95. The van der Waals surface area contributed by atoms with Gasteiger partial charge in [-0.25, -0.2) is 0 Å². The molecule has 3 nitrogen and oxygen atoms in total. The van der Waals surface area contributed by atoms with Gasteiger partial charge in [0.05, 0.1) is 5.41 Å². The molecule has 0 aliphatic carbocycles. The van der Waals surface area contributed by atoms with Gasteiger partial charge in [0.25, 0.3) is 0 Å². The standard InChI is InChI=1S/C17H20N2OS/c1-17(2,15-4-3-7-21-15)16(20)19-9-12-5-6-13-10-18-11-14(13)8-12/h3-8,18H,9-11H2,1-2H3,(H,19,20). The van der Waals surface area contributed by atoms with Gasteiger partial charge in [-0.2, -0.15) is 0 Å². The Balaban J connectivity index is 1.66. The number of hydrogen-bond acceptors (Lipinski definition) is 3. The molecule has 0 saturated heterocycles. The number of carbonyl (C=O) groups is 1. The van der Waals surface area contributed by atoms with E-state index in [4.69, 9.17) is 0 Å². The summed E-state index contributed by atoms with van der Waals surface area (Å²) in [4.78, 5) is 13.5. The zero-order valence-corrected chi connectivity index (χ0v) is 13.2. The van der Waals surface area contributed by atoms with Crippen molar-refractivity contribution in [3.8, 4) is 0 Å². The number of amides is 1. The van der Waals surface area contributed by atoms with Gasteiger partial charge in [0, 0.05) is 24.5 Å². The van der Waals surface area contributed by atoms with Crippen molar-refractivity contribution in [3.05, 3.63) is 57.3 Å². The molecule has 0 saturated carbocycles. The molecule has 0 radical (unpaired) electrons. The molecule has 1 amide bonds. The Morgan fingerprint density at radius 3 is 2.86 bits per heavy atom. The van der Waals surface area contributed by atoms with E-state index in [2.05, 4.69) is 28.8 Å². The first-order valence-electron chi connectivity index (χ1n) is 7.21. The number of carbonyl (C=O) groups excluding carboxylic acids is 1. The van der Waals surface area contributed by atoms with Gasteiger partial charge in [0.15, 0.2) is 0 Å². The molecule has 1 aromatic carbocycles. The number of benzene rings is 1. The van der Waals surface area contributed by atoms with Crippen molar-refractivity contribution in [2.24, 2.45) is 0 Å². The van der Waals surface area contributed by atoms with Crippen molar-refractivity contribution in [3.63, 3.8) is 0 Å². The average molecular weight is 300 g/mol. The van der Waals surface area contributed by atoms with Gasteiger partial charge < -0.3 is 10.6 Å². The molecular weight excluding hydrogens is 280 g/mol. The fourth-order valence-corrected chi connectivity index (χ4v) is 3.46. The molecule has 1 aliphatic rings. The van der Waals surface area contributed by atoms with E-state index >= 15 is 0 Å². The minimum atomic E-state index is -0.480. The first-order valence-corrected chi connectivity index (χ1v) is 8.09. The Morgan fingerprint density at radius 2 is 2.10 bits per heavy atom. The summed E-state index contributed by atoms with van der Waals surface area (Å²) in [5, 5.41) is 8.41. The van der Waals surface area contributed by atoms with Gasteiger partial charge >= 0.3 is 0 Å². The van der Waals surface area contributed by atoms with Crippen LogP contribution in [0, 0.1) is 0 Å². The Labute approximate surface area is 129 Å². The van der Waals surface area contributed by atoms with Crippen LogP contribution in [-0.2, 0) is 29.8 Å². The first kappa shape index (κ1) is 14.3. The fourth-order valence-electron chi connectivity index (χ4n) is 2.61. The normalized spacial score (nSPS) is 14.0. The van der Waals surface area contributed by atoms with Crippen LogP contribution < -0.4 is 10.6 Å². The highest BCUT2D eigenvalue weighted by molar-refractivity contribution is 7.10. The highest BCUT2D eigenvalue weighted by Crippen LogP contribution is 2.27.